The average molecular weight is 453 g/mol. The van der Waals surface area contributed by atoms with Gasteiger partial charge in [-0.2, -0.15) is 5.10 Å². The number of nitrogens with zero attached hydrogens (tertiary/aromatic N) is 3. The normalized spacial score (nSPS) is 12.5. The molecule has 0 aliphatic heterocycles. The standard InChI is InChI=1S/C22H21BrN4O2/c1-26(14-20(28)24-18-12-6-5-11-17(18)23)22(29)21-16-10-7-13-19(16)27(25-21)15-8-3-2-4-9-15/h2-6,8-9,11-12H,7,10,13-14H2,1H3,(H,24,28). The summed E-state index contributed by atoms with van der Waals surface area (Å²) in [4.78, 5) is 26.9. The lowest BCUT2D eigenvalue weighted by atomic mass is 10.2. The van der Waals surface area contributed by atoms with Gasteiger partial charge in [0.1, 0.15) is 0 Å². The summed E-state index contributed by atoms with van der Waals surface area (Å²) in [5, 5.41) is 7.44. The van der Waals surface area contributed by atoms with Crippen LogP contribution in [0.4, 0.5) is 5.69 Å². The van der Waals surface area contributed by atoms with Crippen molar-refractivity contribution < 1.29 is 9.59 Å². The second-order valence-electron chi connectivity index (χ2n) is 7.06. The van der Waals surface area contributed by atoms with E-state index in [-0.39, 0.29) is 18.4 Å². The van der Waals surface area contributed by atoms with Gasteiger partial charge in [0.25, 0.3) is 5.91 Å². The maximum Gasteiger partial charge on any atom is 0.274 e. The molecule has 0 saturated carbocycles. The molecule has 2 amide bonds. The summed E-state index contributed by atoms with van der Waals surface area (Å²) in [6.45, 7) is -0.0485. The number of hydrogen-bond acceptors (Lipinski definition) is 3. The number of aromatic nitrogens is 2. The summed E-state index contributed by atoms with van der Waals surface area (Å²) in [5.41, 5.74) is 4.15. The summed E-state index contributed by atoms with van der Waals surface area (Å²) >= 11 is 3.41. The predicted octanol–water partition coefficient (Wildman–Crippen LogP) is 3.83. The van der Waals surface area contributed by atoms with Crippen molar-refractivity contribution in [3.8, 4) is 5.69 Å². The van der Waals surface area contributed by atoms with E-state index >= 15 is 0 Å². The number of amides is 2. The number of benzene rings is 2. The molecule has 0 bridgehead atoms. The molecule has 1 aliphatic carbocycles. The highest BCUT2D eigenvalue weighted by atomic mass is 79.9. The van der Waals surface area contributed by atoms with Gasteiger partial charge in [-0.15, -0.1) is 0 Å². The van der Waals surface area contributed by atoms with Crippen molar-refractivity contribution in [1.29, 1.82) is 0 Å². The highest BCUT2D eigenvalue weighted by Crippen LogP contribution is 2.28. The Labute approximate surface area is 177 Å². The van der Waals surface area contributed by atoms with Gasteiger partial charge in [0, 0.05) is 22.8 Å². The quantitative estimate of drug-likeness (QED) is 0.639. The van der Waals surface area contributed by atoms with Crippen molar-refractivity contribution in [1.82, 2.24) is 14.7 Å². The van der Waals surface area contributed by atoms with Gasteiger partial charge in [0.05, 0.1) is 17.9 Å². The minimum absolute atomic E-state index is 0.0485. The van der Waals surface area contributed by atoms with Gasteiger partial charge >= 0.3 is 0 Å². The number of para-hydroxylation sites is 2. The number of fused-ring (bicyclic) bond motifs is 1. The number of likely N-dealkylation sites (N-methyl/N-ethyl adjacent to an activating group) is 1. The minimum atomic E-state index is -0.258. The molecule has 7 heteroatoms. The van der Waals surface area contributed by atoms with Gasteiger partial charge in [-0.1, -0.05) is 30.3 Å². The van der Waals surface area contributed by atoms with E-state index in [1.165, 1.54) is 4.90 Å². The fraction of sp³-hybridized carbons (Fsp3) is 0.227. The van der Waals surface area contributed by atoms with E-state index in [0.29, 0.717) is 11.4 Å². The Kier molecular flexibility index (Phi) is 5.49. The fourth-order valence-electron chi connectivity index (χ4n) is 3.61. The molecule has 0 saturated heterocycles. The Bertz CT molecular complexity index is 1060. The maximum atomic E-state index is 13.1. The molecule has 4 rings (SSSR count). The first kappa shape index (κ1) is 19.4. The summed E-state index contributed by atoms with van der Waals surface area (Å²) in [6.07, 6.45) is 2.74. The number of anilines is 1. The van der Waals surface area contributed by atoms with Gasteiger partial charge in [-0.05, 0) is 59.5 Å². The van der Waals surface area contributed by atoms with Crippen molar-refractivity contribution in [2.75, 3.05) is 18.9 Å². The van der Waals surface area contributed by atoms with Crippen LogP contribution in [0.5, 0.6) is 0 Å². The minimum Gasteiger partial charge on any atom is -0.331 e. The molecule has 0 radical (unpaired) electrons. The SMILES string of the molecule is CN(CC(=O)Nc1ccccc1Br)C(=O)c1nn(-c2ccccc2)c2c1CCC2. The molecule has 0 spiro atoms. The van der Waals surface area contributed by atoms with Crippen LogP contribution in [0, 0.1) is 0 Å². The lowest BCUT2D eigenvalue weighted by molar-refractivity contribution is -0.116. The second-order valence-corrected chi connectivity index (χ2v) is 7.92. The lowest BCUT2D eigenvalue weighted by Gasteiger charge is -2.16. The molecular formula is C22H21BrN4O2. The van der Waals surface area contributed by atoms with Crippen molar-refractivity contribution in [2.24, 2.45) is 0 Å². The van der Waals surface area contributed by atoms with Crippen LogP contribution in [0.1, 0.15) is 28.2 Å². The first-order valence-corrected chi connectivity index (χ1v) is 10.3. The number of nitrogens with one attached hydrogen (secondary N) is 1. The van der Waals surface area contributed by atoms with Gasteiger partial charge in [0.15, 0.2) is 5.69 Å². The van der Waals surface area contributed by atoms with Crippen LogP contribution in [0.15, 0.2) is 59.1 Å². The molecule has 3 aromatic rings. The van der Waals surface area contributed by atoms with Crippen LogP contribution in [-0.4, -0.2) is 40.1 Å². The molecule has 1 aromatic heterocycles. The smallest absolute Gasteiger partial charge is 0.274 e. The van der Waals surface area contributed by atoms with E-state index in [1.807, 2.05) is 53.2 Å². The van der Waals surface area contributed by atoms with E-state index in [2.05, 4.69) is 26.3 Å². The Hall–Kier alpha value is -2.93. The largest absolute Gasteiger partial charge is 0.331 e. The topological polar surface area (TPSA) is 67.2 Å². The Morgan fingerprint density at radius 3 is 2.59 bits per heavy atom. The highest BCUT2D eigenvalue weighted by Gasteiger charge is 2.29. The first-order chi connectivity index (χ1) is 14.0. The summed E-state index contributed by atoms with van der Waals surface area (Å²) in [7, 11) is 1.63. The number of rotatable bonds is 5. The van der Waals surface area contributed by atoms with Crippen LogP contribution in [0.25, 0.3) is 5.69 Å². The molecule has 2 aromatic carbocycles. The second kappa shape index (κ2) is 8.21. The molecule has 0 fully saturated rings. The first-order valence-electron chi connectivity index (χ1n) is 9.50. The zero-order valence-electron chi connectivity index (χ0n) is 16.1. The Morgan fingerprint density at radius 2 is 1.83 bits per heavy atom. The highest BCUT2D eigenvalue weighted by molar-refractivity contribution is 9.10. The van der Waals surface area contributed by atoms with Crippen molar-refractivity contribution >= 4 is 33.4 Å². The van der Waals surface area contributed by atoms with Gasteiger partial charge < -0.3 is 10.2 Å². The molecule has 0 atom stereocenters. The van der Waals surface area contributed by atoms with Crippen LogP contribution in [0.2, 0.25) is 0 Å². The van der Waals surface area contributed by atoms with Crippen molar-refractivity contribution in [3.63, 3.8) is 0 Å². The van der Waals surface area contributed by atoms with Gasteiger partial charge in [0.2, 0.25) is 5.91 Å². The Morgan fingerprint density at radius 1 is 1.10 bits per heavy atom. The van der Waals surface area contributed by atoms with E-state index < -0.39 is 0 Å². The Balaban J connectivity index is 1.52. The summed E-state index contributed by atoms with van der Waals surface area (Å²) in [6, 6.07) is 17.2. The maximum absolute atomic E-state index is 13.1. The number of halogens is 1. The summed E-state index contributed by atoms with van der Waals surface area (Å²) < 4.78 is 2.66. The molecule has 0 unspecified atom stereocenters. The zero-order chi connectivity index (χ0) is 20.4. The number of carbonyl (C=O) groups excluding carboxylic acids is 2. The van der Waals surface area contributed by atoms with Gasteiger partial charge in [-0.25, -0.2) is 4.68 Å². The van der Waals surface area contributed by atoms with Gasteiger partial charge in [-0.3, -0.25) is 9.59 Å². The van der Waals surface area contributed by atoms with E-state index in [0.717, 1.165) is 40.7 Å². The van der Waals surface area contributed by atoms with Crippen molar-refractivity contribution in [2.45, 2.75) is 19.3 Å². The molecular weight excluding hydrogens is 432 g/mol. The molecule has 6 nitrogen and oxygen atoms in total. The fourth-order valence-corrected chi connectivity index (χ4v) is 4.00. The van der Waals surface area contributed by atoms with Crippen LogP contribution in [0.3, 0.4) is 0 Å². The monoisotopic (exact) mass is 452 g/mol. The predicted molar refractivity (Wildman–Crippen MR) is 115 cm³/mol. The molecule has 1 N–H and O–H groups in total. The lowest BCUT2D eigenvalue weighted by Crippen LogP contribution is -2.35. The number of hydrogen-bond donors (Lipinski definition) is 1. The third kappa shape index (κ3) is 3.96. The van der Waals surface area contributed by atoms with Crippen LogP contribution in [-0.2, 0) is 17.6 Å². The molecule has 1 aliphatic rings. The number of carbonyl (C=O) groups is 2. The molecule has 29 heavy (non-hydrogen) atoms. The third-order valence-electron chi connectivity index (χ3n) is 5.01. The zero-order valence-corrected chi connectivity index (χ0v) is 17.6. The van der Waals surface area contributed by atoms with E-state index in [9.17, 15) is 9.59 Å². The molecule has 1 heterocycles. The summed E-state index contributed by atoms with van der Waals surface area (Å²) in [5.74, 6) is -0.494. The van der Waals surface area contributed by atoms with E-state index in [1.54, 1.807) is 13.1 Å². The van der Waals surface area contributed by atoms with Crippen LogP contribution < -0.4 is 5.32 Å². The van der Waals surface area contributed by atoms with E-state index in [4.69, 9.17) is 0 Å². The third-order valence-corrected chi connectivity index (χ3v) is 5.70. The van der Waals surface area contributed by atoms with Crippen molar-refractivity contribution in [3.05, 3.63) is 76.0 Å². The van der Waals surface area contributed by atoms with Crippen LogP contribution >= 0.6 is 15.9 Å². The average Bonchev–Trinajstić information content (AvgIpc) is 3.32. The molecule has 148 valence electrons.